The normalized spacial score (nSPS) is 10.6. The third-order valence-electron chi connectivity index (χ3n) is 2.88. The molecule has 96 valence electrons. The largest absolute Gasteiger partial charge is 0.383 e. The molecule has 0 fully saturated rings. The van der Waals surface area contributed by atoms with Gasteiger partial charge in [-0.15, -0.1) is 0 Å². The van der Waals surface area contributed by atoms with Gasteiger partial charge in [-0.05, 0) is 25.5 Å². The van der Waals surface area contributed by atoms with Crippen LogP contribution in [0.3, 0.4) is 0 Å². The average molecular weight is 245 g/mol. The molecule has 2 rings (SSSR count). The lowest BCUT2D eigenvalue weighted by atomic mass is 10.1. The summed E-state index contributed by atoms with van der Waals surface area (Å²) in [7, 11) is 1.70. The first-order valence-corrected chi connectivity index (χ1v) is 6.05. The second kappa shape index (κ2) is 5.69. The molecule has 4 heteroatoms. The van der Waals surface area contributed by atoms with Crippen LogP contribution >= 0.6 is 0 Å². The number of imidazole rings is 1. The molecule has 0 spiro atoms. The van der Waals surface area contributed by atoms with E-state index in [1.165, 1.54) is 11.1 Å². The second-order valence-corrected chi connectivity index (χ2v) is 4.38. The smallest absolute Gasteiger partial charge is 0.207 e. The van der Waals surface area contributed by atoms with Crippen molar-refractivity contribution in [1.29, 1.82) is 0 Å². The number of aryl methyl sites for hydroxylation is 2. The summed E-state index contributed by atoms with van der Waals surface area (Å²) < 4.78 is 7.13. The molecule has 4 nitrogen and oxygen atoms in total. The number of hydrogen-bond donors (Lipinski definition) is 1. The van der Waals surface area contributed by atoms with Crippen LogP contribution in [0.1, 0.15) is 11.1 Å². The Balaban J connectivity index is 2.15. The zero-order valence-electron chi connectivity index (χ0n) is 11.1. The molecule has 0 radical (unpaired) electrons. The number of hydrogen-bond acceptors (Lipinski definition) is 3. The van der Waals surface area contributed by atoms with Crippen molar-refractivity contribution < 1.29 is 4.74 Å². The van der Waals surface area contributed by atoms with E-state index in [-0.39, 0.29) is 0 Å². The summed E-state index contributed by atoms with van der Waals surface area (Å²) in [6, 6.07) is 6.34. The first-order valence-electron chi connectivity index (χ1n) is 6.05. The molecule has 1 aromatic heterocycles. The molecule has 0 atom stereocenters. The average Bonchev–Trinajstić information content (AvgIpc) is 2.77. The molecule has 0 aliphatic heterocycles. The van der Waals surface area contributed by atoms with Gasteiger partial charge in [0.2, 0.25) is 5.95 Å². The molecule has 0 saturated heterocycles. The molecule has 1 aromatic carbocycles. The van der Waals surface area contributed by atoms with Crippen LogP contribution in [-0.2, 0) is 11.3 Å². The summed E-state index contributed by atoms with van der Waals surface area (Å²) in [6.07, 6.45) is 3.74. The molecular weight excluding hydrogens is 226 g/mol. The van der Waals surface area contributed by atoms with Crippen molar-refractivity contribution in [2.75, 3.05) is 19.0 Å². The van der Waals surface area contributed by atoms with Crippen molar-refractivity contribution in [3.05, 3.63) is 41.7 Å². The van der Waals surface area contributed by atoms with Gasteiger partial charge >= 0.3 is 0 Å². The molecular formula is C14H19N3O. The Morgan fingerprint density at radius 1 is 1.33 bits per heavy atom. The van der Waals surface area contributed by atoms with Gasteiger partial charge in [0.05, 0.1) is 6.61 Å². The molecule has 0 amide bonds. The van der Waals surface area contributed by atoms with Crippen LogP contribution in [-0.4, -0.2) is 23.3 Å². The molecule has 0 aliphatic carbocycles. The second-order valence-electron chi connectivity index (χ2n) is 4.38. The summed E-state index contributed by atoms with van der Waals surface area (Å²) in [5.74, 6) is 0.846. The molecule has 1 N–H and O–H groups in total. The highest BCUT2D eigenvalue weighted by atomic mass is 16.5. The van der Waals surface area contributed by atoms with Gasteiger partial charge in [-0.1, -0.05) is 17.7 Å². The van der Waals surface area contributed by atoms with Crippen molar-refractivity contribution in [3.63, 3.8) is 0 Å². The molecule has 1 heterocycles. The molecule has 18 heavy (non-hydrogen) atoms. The standard InChI is InChI=1S/C14H19N3O/c1-11-4-5-13(12(2)10-11)16-14-15-6-7-17(14)8-9-18-3/h4-7,10H,8-9H2,1-3H3,(H,15,16). The molecule has 2 aromatic rings. The SMILES string of the molecule is COCCn1ccnc1Nc1ccc(C)cc1C. The number of nitrogens with zero attached hydrogens (tertiary/aromatic N) is 2. The Morgan fingerprint density at radius 3 is 2.89 bits per heavy atom. The van der Waals surface area contributed by atoms with Gasteiger partial charge in [0.25, 0.3) is 0 Å². The van der Waals surface area contributed by atoms with E-state index < -0.39 is 0 Å². The van der Waals surface area contributed by atoms with E-state index in [0.717, 1.165) is 18.2 Å². The zero-order chi connectivity index (χ0) is 13.0. The van der Waals surface area contributed by atoms with E-state index in [1.54, 1.807) is 13.3 Å². The van der Waals surface area contributed by atoms with Gasteiger partial charge in [-0.2, -0.15) is 0 Å². The van der Waals surface area contributed by atoms with E-state index in [2.05, 4.69) is 42.3 Å². The quantitative estimate of drug-likeness (QED) is 0.880. The lowest BCUT2D eigenvalue weighted by molar-refractivity contribution is 0.188. The Morgan fingerprint density at radius 2 is 2.17 bits per heavy atom. The van der Waals surface area contributed by atoms with Crippen molar-refractivity contribution in [2.24, 2.45) is 0 Å². The van der Waals surface area contributed by atoms with Gasteiger partial charge < -0.3 is 14.6 Å². The van der Waals surface area contributed by atoms with Crippen molar-refractivity contribution in [1.82, 2.24) is 9.55 Å². The van der Waals surface area contributed by atoms with E-state index in [9.17, 15) is 0 Å². The van der Waals surface area contributed by atoms with Crippen LogP contribution in [0.25, 0.3) is 0 Å². The number of benzene rings is 1. The predicted molar refractivity (Wildman–Crippen MR) is 73.3 cm³/mol. The van der Waals surface area contributed by atoms with E-state index in [4.69, 9.17) is 4.74 Å². The van der Waals surface area contributed by atoms with Crippen LogP contribution in [0.2, 0.25) is 0 Å². The molecule has 0 saturated carbocycles. The van der Waals surface area contributed by atoms with Crippen molar-refractivity contribution in [3.8, 4) is 0 Å². The topological polar surface area (TPSA) is 39.1 Å². The van der Waals surface area contributed by atoms with Gasteiger partial charge in [0.15, 0.2) is 0 Å². The van der Waals surface area contributed by atoms with Gasteiger partial charge in [0, 0.05) is 31.7 Å². The molecule has 0 unspecified atom stereocenters. The fourth-order valence-corrected chi connectivity index (χ4v) is 1.88. The van der Waals surface area contributed by atoms with Crippen molar-refractivity contribution >= 4 is 11.6 Å². The number of nitrogens with one attached hydrogen (secondary N) is 1. The first kappa shape index (κ1) is 12.6. The van der Waals surface area contributed by atoms with E-state index >= 15 is 0 Å². The highest BCUT2D eigenvalue weighted by Crippen LogP contribution is 2.20. The van der Waals surface area contributed by atoms with Crippen LogP contribution in [0.15, 0.2) is 30.6 Å². The van der Waals surface area contributed by atoms with Crippen LogP contribution in [0.4, 0.5) is 11.6 Å². The molecule has 0 bridgehead atoms. The Hall–Kier alpha value is -1.81. The number of methoxy groups -OCH3 is 1. The number of anilines is 2. The van der Waals surface area contributed by atoms with Gasteiger partial charge in [-0.25, -0.2) is 4.98 Å². The Bertz CT molecular complexity index is 520. The fraction of sp³-hybridized carbons (Fsp3) is 0.357. The predicted octanol–water partition coefficient (Wildman–Crippen LogP) is 2.89. The summed E-state index contributed by atoms with van der Waals surface area (Å²) in [4.78, 5) is 4.32. The van der Waals surface area contributed by atoms with Gasteiger partial charge in [0.1, 0.15) is 0 Å². The van der Waals surface area contributed by atoms with Crippen LogP contribution in [0.5, 0.6) is 0 Å². The minimum absolute atomic E-state index is 0.678. The van der Waals surface area contributed by atoms with Crippen LogP contribution < -0.4 is 5.32 Å². The van der Waals surface area contributed by atoms with E-state index in [1.807, 2.05) is 10.8 Å². The number of ether oxygens (including phenoxy) is 1. The summed E-state index contributed by atoms with van der Waals surface area (Å²) >= 11 is 0. The van der Waals surface area contributed by atoms with Gasteiger partial charge in [-0.3, -0.25) is 0 Å². The highest BCUT2D eigenvalue weighted by molar-refractivity contribution is 5.59. The van der Waals surface area contributed by atoms with Crippen molar-refractivity contribution in [2.45, 2.75) is 20.4 Å². The Kier molecular flexibility index (Phi) is 3.99. The summed E-state index contributed by atoms with van der Waals surface area (Å²) in [5.41, 5.74) is 3.57. The number of rotatable bonds is 5. The van der Waals surface area contributed by atoms with Crippen LogP contribution in [0, 0.1) is 13.8 Å². The Labute approximate surface area is 108 Å². The zero-order valence-corrected chi connectivity index (χ0v) is 11.1. The third kappa shape index (κ3) is 2.90. The minimum Gasteiger partial charge on any atom is -0.383 e. The summed E-state index contributed by atoms with van der Waals surface area (Å²) in [6.45, 7) is 5.66. The lowest BCUT2D eigenvalue weighted by Crippen LogP contribution is -2.07. The third-order valence-corrected chi connectivity index (χ3v) is 2.88. The summed E-state index contributed by atoms with van der Waals surface area (Å²) in [5, 5.41) is 3.35. The number of aromatic nitrogens is 2. The maximum absolute atomic E-state index is 5.08. The monoisotopic (exact) mass is 245 g/mol. The maximum Gasteiger partial charge on any atom is 0.207 e. The first-order chi connectivity index (χ1) is 8.70. The molecule has 0 aliphatic rings. The minimum atomic E-state index is 0.678. The lowest BCUT2D eigenvalue weighted by Gasteiger charge is -2.11. The highest BCUT2D eigenvalue weighted by Gasteiger charge is 2.04. The van der Waals surface area contributed by atoms with E-state index in [0.29, 0.717) is 6.61 Å². The fourth-order valence-electron chi connectivity index (χ4n) is 1.88. The maximum atomic E-state index is 5.08.